The van der Waals surface area contributed by atoms with E-state index in [9.17, 15) is 9.18 Å². The number of carbonyl (C=O) groups is 1. The van der Waals surface area contributed by atoms with Crippen LogP contribution in [0.4, 0.5) is 4.39 Å². The van der Waals surface area contributed by atoms with Crippen molar-refractivity contribution in [3.8, 4) is 0 Å². The summed E-state index contributed by atoms with van der Waals surface area (Å²) in [5.74, 6) is -0.296. The molecule has 0 atom stereocenters. The minimum atomic E-state index is -0.452. The Bertz CT molecular complexity index is 581. The quantitative estimate of drug-likeness (QED) is 0.759. The monoisotopic (exact) mass is 290 g/mol. The summed E-state index contributed by atoms with van der Waals surface area (Å²) in [5, 5.41) is 0.0691. The molecule has 0 spiro atoms. The second kappa shape index (κ2) is 7.20. The fourth-order valence-electron chi connectivity index (χ4n) is 2.10. The Balaban J connectivity index is 1.79. The number of carbonyl (C=O) groups excluding carboxylic acids is 1. The average molecular weight is 291 g/mol. The first-order chi connectivity index (χ1) is 9.65. The lowest BCUT2D eigenvalue weighted by molar-refractivity contribution is -0.118. The van der Waals surface area contributed by atoms with Crippen molar-refractivity contribution in [2.45, 2.75) is 25.7 Å². The van der Waals surface area contributed by atoms with Crippen molar-refractivity contribution < 1.29 is 9.18 Å². The number of aryl methyl sites for hydroxylation is 1. The Labute approximate surface area is 123 Å². The zero-order valence-corrected chi connectivity index (χ0v) is 11.9. The second-order valence-electron chi connectivity index (χ2n) is 4.80. The molecular weight excluding hydrogens is 275 g/mol. The molecule has 0 aliphatic carbocycles. The topological polar surface area (TPSA) is 17.1 Å². The number of ketones is 1. The molecule has 1 nitrogen and oxygen atoms in total. The summed E-state index contributed by atoms with van der Waals surface area (Å²) >= 11 is 5.70. The van der Waals surface area contributed by atoms with Crippen LogP contribution in [0.3, 0.4) is 0 Å². The highest BCUT2D eigenvalue weighted by atomic mass is 35.5. The van der Waals surface area contributed by atoms with Crippen molar-refractivity contribution in [3.63, 3.8) is 0 Å². The van der Waals surface area contributed by atoms with Crippen LogP contribution in [0.2, 0.25) is 5.02 Å². The van der Waals surface area contributed by atoms with Crippen LogP contribution in [0.5, 0.6) is 0 Å². The Morgan fingerprint density at radius 1 is 1.05 bits per heavy atom. The largest absolute Gasteiger partial charge is 0.299 e. The molecule has 0 heterocycles. The Morgan fingerprint density at radius 2 is 1.80 bits per heavy atom. The van der Waals surface area contributed by atoms with Gasteiger partial charge in [-0.2, -0.15) is 0 Å². The van der Waals surface area contributed by atoms with E-state index in [-0.39, 0.29) is 10.8 Å². The molecule has 0 unspecified atom stereocenters. The van der Waals surface area contributed by atoms with Crippen molar-refractivity contribution in [2.75, 3.05) is 0 Å². The summed E-state index contributed by atoms with van der Waals surface area (Å²) in [6.45, 7) is 0. The molecule has 0 aliphatic heterocycles. The Kier molecular flexibility index (Phi) is 5.31. The summed E-state index contributed by atoms with van der Waals surface area (Å²) in [6.07, 6.45) is 2.58. The maximum Gasteiger partial charge on any atom is 0.141 e. The normalized spacial score (nSPS) is 10.5. The minimum Gasteiger partial charge on any atom is -0.299 e. The molecule has 20 heavy (non-hydrogen) atoms. The number of hydrogen-bond acceptors (Lipinski definition) is 1. The standard InChI is InChI=1S/C17H16ClFO/c18-16-12-14(9-10-17(16)19)11-15(20)8-4-7-13-5-2-1-3-6-13/h1-3,5-6,9-10,12H,4,7-8,11H2. The molecule has 0 aliphatic rings. The second-order valence-corrected chi connectivity index (χ2v) is 5.21. The highest BCUT2D eigenvalue weighted by Crippen LogP contribution is 2.17. The van der Waals surface area contributed by atoms with Gasteiger partial charge in [-0.25, -0.2) is 4.39 Å². The zero-order valence-electron chi connectivity index (χ0n) is 11.1. The molecule has 2 rings (SSSR count). The van der Waals surface area contributed by atoms with Crippen LogP contribution in [-0.4, -0.2) is 5.78 Å². The molecule has 0 aromatic heterocycles. The third-order valence-corrected chi connectivity index (χ3v) is 3.44. The number of rotatable bonds is 6. The predicted octanol–water partition coefficient (Wildman–Crippen LogP) is 4.61. The molecule has 3 heteroatoms. The number of benzene rings is 2. The maximum absolute atomic E-state index is 13.0. The van der Waals surface area contributed by atoms with E-state index in [0.717, 1.165) is 18.4 Å². The van der Waals surface area contributed by atoms with Crippen molar-refractivity contribution in [2.24, 2.45) is 0 Å². The van der Waals surface area contributed by atoms with Gasteiger partial charge in [-0.15, -0.1) is 0 Å². The third-order valence-electron chi connectivity index (χ3n) is 3.15. The molecule has 0 amide bonds. The number of Topliss-reactive ketones (excluding diaryl/α,β-unsaturated/α-hetero) is 1. The van der Waals surface area contributed by atoms with Crippen LogP contribution < -0.4 is 0 Å². The van der Waals surface area contributed by atoms with Crippen LogP contribution in [0.15, 0.2) is 48.5 Å². The fraction of sp³-hybridized carbons (Fsp3) is 0.235. The van der Waals surface area contributed by atoms with Gasteiger partial charge < -0.3 is 0 Å². The van der Waals surface area contributed by atoms with Gasteiger partial charge in [0.15, 0.2) is 0 Å². The van der Waals surface area contributed by atoms with E-state index >= 15 is 0 Å². The van der Waals surface area contributed by atoms with E-state index in [2.05, 4.69) is 12.1 Å². The number of hydrogen-bond donors (Lipinski definition) is 0. The molecular formula is C17H16ClFO. The van der Waals surface area contributed by atoms with Gasteiger partial charge in [0.05, 0.1) is 5.02 Å². The van der Waals surface area contributed by atoms with E-state index in [0.29, 0.717) is 12.8 Å². The van der Waals surface area contributed by atoms with Crippen LogP contribution in [0.1, 0.15) is 24.0 Å². The summed E-state index contributed by atoms with van der Waals surface area (Å²) in [5.41, 5.74) is 2.01. The van der Waals surface area contributed by atoms with E-state index < -0.39 is 5.82 Å². The lowest BCUT2D eigenvalue weighted by Crippen LogP contribution is -2.03. The van der Waals surface area contributed by atoms with Gasteiger partial charge in [-0.05, 0) is 36.1 Å². The van der Waals surface area contributed by atoms with Crippen LogP contribution >= 0.6 is 11.6 Å². The first-order valence-corrected chi connectivity index (χ1v) is 7.02. The van der Waals surface area contributed by atoms with Gasteiger partial charge in [0.25, 0.3) is 0 Å². The Morgan fingerprint density at radius 3 is 2.50 bits per heavy atom. The van der Waals surface area contributed by atoms with Crippen LogP contribution in [0, 0.1) is 5.82 Å². The van der Waals surface area contributed by atoms with Crippen molar-refractivity contribution in [1.29, 1.82) is 0 Å². The van der Waals surface area contributed by atoms with Gasteiger partial charge in [-0.3, -0.25) is 4.79 Å². The van der Waals surface area contributed by atoms with Gasteiger partial charge in [-0.1, -0.05) is 48.0 Å². The highest BCUT2D eigenvalue weighted by Gasteiger charge is 2.06. The smallest absolute Gasteiger partial charge is 0.141 e. The van der Waals surface area contributed by atoms with E-state index in [1.54, 1.807) is 6.07 Å². The highest BCUT2D eigenvalue weighted by molar-refractivity contribution is 6.30. The maximum atomic E-state index is 13.0. The predicted molar refractivity (Wildman–Crippen MR) is 79.5 cm³/mol. The molecule has 0 fully saturated rings. The van der Waals surface area contributed by atoms with Crippen molar-refractivity contribution in [3.05, 3.63) is 70.5 Å². The first kappa shape index (κ1) is 14.7. The lowest BCUT2D eigenvalue weighted by atomic mass is 10.0. The van der Waals surface area contributed by atoms with E-state index in [1.807, 2.05) is 18.2 Å². The molecule has 104 valence electrons. The Hall–Kier alpha value is -1.67. The molecule has 0 radical (unpaired) electrons. The molecule has 0 saturated heterocycles. The van der Waals surface area contributed by atoms with Gasteiger partial charge in [0.2, 0.25) is 0 Å². The summed E-state index contributed by atoms with van der Waals surface area (Å²) in [7, 11) is 0. The van der Waals surface area contributed by atoms with Crippen LogP contribution in [0.25, 0.3) is 0 Å². The first-order valence-electron chi connectivity index (χ1n) is 6.65. The summed E-state index contributed by atoms with van der Waals surface area (Å²) in [6, 6.07) is 14.5. The lowest BCUT2D eigenvalue weighted by Gasteiger charge is -2.03. The molecule has 2 aromatic carbocycles. The SMILES string of the molecule is O=C(CCCc1ccccc1)Cc1ccc(F)c(Cl)c1. The van der Waals surface area contributed by atoms with Crippen molar-refractivity contribution >= 4 is 17.4 Å². The third kappa shape index (κ3) is 4.46. The van der Waals surface area contributed by atoms with E-state index in [1.165, 1.54) is 17.7 Å². The average Bonchev–Trinajstić information content (AvgIpc) is 2.44. The van der Waals surface area contributed by atoms with E-state index in [4.69, 9.17) is 11.6 Å². The molecule has 0 saturated carbocycles. The molecule has 2 aromatic rings. The van der Waals surface area contributed by atoms with Crippen molar-refractivity contribution in [1.82, 2.24) is 0 Å². The fourth-order valence-corrected chi connectivity index (χ4v) is 2.30. The number of halogens is 2. The molecule has 0 bridgehead atoms. The summed E-state index contributed by atoms with van der Waals surface area (Å²) < 4.78 is 13.0. The van der Waals surface area contributed by atoms with Crippen LogP contribution in [-0.2, 0) is 17.6 Å². The molecule has 0 N–H and O–H groups in total. The van der Waals surface area contributed by atoms with Gasteiger partial charge in [0.1, 0.15) is 11.6 Å². The van der Waals surface area contributed by atoms with Gasteiger partial charge in [0, 0.05) is 12.8 Å². The zero-order chi connectivity index (χ0) is 14.4. The van der Waals surface area contributed by atoms with Gasteiger partial charge >= 0.3 is 0 Å². The minimum absolute atomic E-state index is 0.0691. The summed E-state index contributed by atoms with van der Waals surface area (Å²) in [4.78, 5) is 11.9.